The number of carboxylic acids is 1. The summed E-state index contributed by atoms with van der Waals surface area (Å²) in [7, 11) is 0. The van der Waals surface area contributed by atoms with Crippen molar-refractivity contribution in [2.45, 2.75) is 13.5 Å². The van der Waals surface area contributed by atoms with E-state index < -0.39 is 22.8 Å². The van der Waals surface area contributed by atoms with E-state index in [1.165, 1.54) is 29.7 Å². The Kier molecular flexibility index (Phi) is 6.61. The molecule has 0 atom stereocenters. The molecule has 37 heavy (non-hydrogen) atoms. The molecule has 12 heteroatoms. The number of carbonyl (C=O) groups is 2. The predicted octanol–water partition coefficient (Wildman–Crippen LogP) is 3.37. The second-order valence-corrected chi connectivity index (χ2v) is 9.76. The van der Waals surface area contributed by atoms with Gasteiger partial charge in [0.05, 0.1) is 28.0 Å². The third kappa shape index (κ3) is 4.89. The SMILES string of the molecule is CCn1cc(C(=O)O)c(=O)c2cc(F)c(N3CCN(CC(=O)Nc4nc5ccc(F)cc5s4)CC3)cc21. The number of nitrogens with one attached hydrogen (secondary N) is 1. The van der Waals surface area contributed by atoms with Gasteiger partial charge in [-0.2, -0.15) is 0 Å². The van der Waals surface area contributed by atoms with Crippen LogP contribution in [-0.2, 0) is 11.3 Å². The Morgan fingerprint density at radius 2 is 1.89 bits per heavy atom. The van der Waals surface area contributed by atoms with Crippen molar-refractivity contribution in [1.29, 1.82) is 0 Å². The molecule has 2 aromatic carbocycles. The summed E-state index contributed by atoms with van der Waals surface area (Å²) < 4.78 is 30.7. The number of aromatic nitrogens is 2. The molecule has 1 saturated heterocycles. The van der Waals surface area contributed by atoms with Crippen LogP contribution in [0.2, 0.25) is 0 Å². The number of hydrogen-bond acceptors (Lipinski definition) is 7. The molecule has 2 N–H and O–H groups in total. The highest BCUT2D eigenvalue weighted by atomic mass is 32.1. The van der Waals surface area contributed by atoms with Gasteiger partial charge in [0.25, 0.3) is 0 Å². The summed E-state index contributed by atoms with van der Waals surface area (Å²) in [6.45, 7) is 4.29. The van der Waals surface area contributed by atoms with Crippen LogP contribution in [-0.4, -0.2) is 64.2 Å². The second kappa shape index (κ2) is 9.87. The molecule has 192 valence electrons. The molecule has 5 rings (SSSR count). The number of pyridine rings is 1. The predicted molar refractivity (Wildman–Crippen MR) is 138 cm³/mol. The van der Waals surface area contributed by atoms with Crippen LogP contribution in [0, 0.1) is 11.6 Å². The van der Waals surface area contributed by atoms with Crippen LogP contribution in [0.3, 0.4) is 0 Å². The van der Waals surface area contributed by atoms with Gasteiger partial charge in [0.15, 0.2) is 5.13 Å². The van der Waals surface area contributed by atoms with Crippen LogP contribution in [0.1, 0.15) is 17.3 Å². The highest BCUT2D eigenvalue weighted by molar-refractivity contribution is 7.22. The number of halogens is 2. The molecule has 1 aliphatic heterocycles. The number of rotatable bonds is 6. The first-order valence-corrected chi connectivity index (χ1v) is 12.5. The molecule has 0 aliphatic carbocycles. The number of aromatic carboxylic acids is 1. The maximum absolute atomic E-state index is 15.1. The Labute approximate surface area is 213 Å². The number of nitrogens with zero attached hydrogens (tertiary/aromatic N) is 4. The molecule has 9 nitrogen and oxygen atoms in total. The number of benzene rings is 2. The largest absolute Gasteiger partial charge is 0.477 e. The quantitative estimate of drug-likeness (QED) is 0.396. The zero-order valence-corrected chi connectivity index (χ0v) is 20.6. The highest BCUT2D eigenvalue weighted by Crippen LogP contribution is 2.28. The van der Waals surface area contributed by atoms with Crippen LogP contribution < -0.4 is 15.6 Å². The smallest absolute Gasteiger partial charge is 0.341 e. The van der Waals surface area contributed by atoms with Crippen LogP contribution in [0.15, 0.2) is 41.3 Å². The summed E-state index contributed by atoms with van der Waals surface area (Å²) in [4.78, 5) is 44.7. The molecule has 1 fully saturated rings. The van der Waals surface area contributed by atoms with E-state index in [1.807, 2.05) is 16.7 Å². The van der Waals surface area contributed by atoms with Crippen LogP contribution in [0.5, 0.6) is 0 Å². The summed E-state index contributed by atoms with van der Waals surface area (Å²) in [5.74, 6) is -2.56. The fraction of sp³-hybridized carbons (Fsp3) is 0.280. The maximum Gasteiger partial charge on any atom is 0.341 e. The van der Waals surface area contributed by atoms with Gasteiger partial charge in [0.2, 0.25) is 11.3 Å². The molecule has 0 unspecified atom stereocenters. The molecule has 4 aromatic rings. The molecule has 0 radical (unpaired) electrons. The van der Waals surface area contributed by atoms with Gasteiger partial charge >= 0.3 is 5.97 Å². The van der Waals surface area contributed by atoms with Crippen molar-refractivity contribution in [2.24, 2.45) is 0 Å². The van der Waals surface area contributed by atoms with Crippen molar-refractivity contribution in [3.8, 4) is 0 Å². The van der Waals surface area contributed by atoms with Gasteiger partial charge in [0, 0.05) is 44.3 Å². The minimum Gasteiger partial charge on any atom is -0.477 e. The second-order valence-electron chi connectivity index (χ2n) is 8.73. The first-order valence-electron chi connectivity index (χ1n) is 11.7. The molecule has 3 heterocycles. The normalized spacial score (nSPS) is 14.4. The Morgan fingerprint density at radius 1 is 1.14 bits per heavy atom. The minimum absolute atomic E-state index is 0.0240. The van der Waals surface area contributed by atoms with Crippen molar-refractivity contribution >= 4 is 55.2 Å². The fourth-order valence-electron chi connectivity index (χ4n) is 4.52. The Morgan fingerprint density at radius 3 is 2.59 bits per heavy atom. The number of fused-ring (bicyclic) bond motifs is 2. The van der Waals surface area contributed by atoms with Crippen molar-refractivity contribution in [2.75, 3.05) is 42.9 Å². The monoisotopic (exact) mass is 527 g/mol. The first-order chi connectivity index (χ1) is 17.7. The number of hydrogen-bond donors (Lipinski definition) is 2. The molecule has 0 saturated carbocycles. The lowest BCUT2D eigenvalue weighted by molar-refractivity contribution is -0.117. The minimum atomic E-state index is -1.35. The van der Waals surface area contributed by atoms with Gasteiger partial charge in [-0.1, -0.05) is 11.3 Å². The van der Waals surface area contributed by atoms with E-state index in [2.05, 4.69) is 10.3 Å². The third-order valence-corrected chi connectivity index (χ3v) is 7.33. The number of anilines is 2. The van der Waals surface area contributed by atoms with Gasteiger partial charge in [-0.25, -0.2) is 18.6 Å². The van der Waals surface area contributed by atoms with E-state index in [0.29, 0.717) is 59.3 Å². The topological polar surface area (TPSA) is 108 Å². The van der Waals surface area contributed by atoms with E-state index in [1.54, 1.807) is 16.7 Å². The third-order valence-electron chi connectivity index (χ3n) is 6.40. The summed E-state index contributed by atoms with van der Waals surface area (Å²) in [6.07, 6.45) is 1.28. The highest BCUT2D eigenvalue weighted by Gasteiger charge is 2.24. The number of piperazine rings is 1. The number of carbonyl (C=O) groups excluding carboxylic acids is 1. The summed E-state index contributed by atoms with van der Waals surface area (Å²) >= 11 is 1.20. The van der Waals surface area contributed by atoms with E-state index in [9.17, 15) is 23.9 Å². The van der Waals surface area contributed by atoms with E-state index >= 15 is 4.39 Å². The van der Waals surface area contributed by atoms with Crippen molar-refractivity contribution in [1.82, 2.24) is 14.5 Å². The van der Waals surface area contributed by atoms with Crippen molar-refractivity contribution in [3.05, 3.63) is 63.9 Å². The van der Waals surface area contributed by atoms with Gasteiger partial charge in [0.1, 0.15) is 17.2 Å². The average molecular weight is 528 g/mol. The van der Waals surface area contributed by atoms with Gasteiger partial charge < -0.3 is 19.9 Å². The lowest BCUT2D eigenvalue weighted by atomic mass is 10.1. The standard InChI is InChI=1S/C25H23F2N5O4S/c1-2-31-12-16(24(35)36)23(34)15-10-17(27)20(11-19(15)31)32-7-5-30(6-8-32)13-22(33)29-25-28-18-4-3-14(26)9-21(18)37-25/h3-4,9-12H,2,5-8,13H2,1H3,(H,35,36)(H,28,29,33). The molecular weight excluding hydrogens is 504 g/mol. The summed E-state index contributed by atoms with van der Waals surface area (Å²) in [5, 5.41) is 12.5. The average Bonchev–Trinajstić information content (AvgIpc) is 3.25. The van der Waals surface area contributed by atoms with E-state index in [-0.39, 0.29) is 23.7 Å². The zero-order chi connectivity index (χ0) is 26.3. The van der Waals surface area contributed by atoms with Gasteiger partial charge in [-0.3, -0.25) is 14.5 Å². The Bertz CT molecular complexity index is 1590. The van der Waals surface area contributed by atoms with Crippen LogP contribution in [0.4, 0.5) is 19.6 Å². The zero-order valence-electron chi connectivity index (χ0n) is 19.8. The van der Waals surface area contributed by atoms with E-state index in [0.717, 1.165) is 6.07 Å². The number of carboxylic acid groups (broad SMARTS) is 1. The number of thiazole rings is 1. The molecular formula is C25H23F2N5O4S. The lowest BCUT2D eigenvalue weighted by Crippen LogP contribution is -2.49. The number of amides is 1. The summed E-state index contributed by atoms with van der Waals surface area (Å²) in [6, 6.07) is 6.94. The first kappa shape index (κ1) is 24.8. The van der Waals surface area contributed by atoms with Gasteiger partial charge in [-0.05, 0) is 37.3 Å². The Hall–Kier alpha value is -3.90. The fourth-order valence-corrected chi connectivity index (χ4v) is 5.42. The van der Waals surface area contributed by atoms with Crippen molar-refractivity contribution < 1.29 is 23.5 Å². The van der Waals surface area contributed by atoms with E-state index in [4.69, 9.17) is 0 Å². The number of aryl methyl sites for hydroxylation is 1. The molecule has 2 aromatic heterocycles. The molecule has 1 amide bonds. The lowest BCUT2D eigenvalue weighted by Gasteiger charge is -2.36. The van der Waals surface area contributed by atoms with Gasteiger partial charge in [-0.15, -0.1) is 0 Å². The molecule has 0 spiro atoms. The Balaban J connectivity index is 1.27. The molecule has 1 aliphatic rings. The molecule has 0 bridgehead atoms. The van der Waals surface area contributed by atoms with Crippen LogP contribution in [0.25, 0.3) is 21.1 Å². The van der Waals surface area contributed by atoms with Crippen LogP contribution >= 0.6 is 11.3 Å². The maximum atomic E-state index is 15.1. The van der Waals surface area contributed by atoms with Crippen molar-refractivity contribution in [3.63, 3.8) is 0 Å². The summed E-state index contributed by atoms with van der Waals surface area (Å²) in [5.41, 5.74) is 0.285.